The SMILES string of the molecule is CN=C(NCCOc1cccc(OC)c1)NCC1CC1.I. The van der Waals surface area contributed by atoms with Gasteiger partial charge in [-0.25, -0.2) is 0 Å². The van der Waals surface area contributed by atoms with E-state index in [0.29, 0.717) is 13.2 Å². The zero-order valence-corrected chi connectivity index (χ0v) is 14.9. The van der Waals surface area contributed by atoms with Gasteiger partial charge in [0.15, 0.2) is 5.96 Å². The first-order valence-electron chi connectivity index (χ1n) is 7.03. The highest BCUT2D eigenvalue weighted by atomic mass is 127. The number of nitrogens with zero attached hydrogens (tertiary/aromatic N) is 1. The summed E-state index contributed by atoms with van der Waals surface area (Å²) in [6.45, 7) is 2.30. The van der Waals surface area contributed by atoms with Gasteiger partial charge in [-0.15, -0.1) is 24.0 Å². The lowest BCUT2D eigenvalue weighted by molar-refractivity contribution is 0.319. The summed E-state index contributed by atoms with van der Waals surface area (Å²) in [6.07, 6.45) is 2.67. The number of ether oxygens (including phenoxy) is 2. The largest absolute Gasteiger partial charge is 0.497 e. The molecule has 1 aromatic carbocycles. The third-order valence-electron chi connectivity index (χ3n) is 3.18. The molecule has 0 saturated heterocycles. The third-order valence-corrected chi connectivity index (χ3v) is 3.18. The van der Waals surface area contributed by atoms with Gasteiger partial charge >= 0.3 is 0 Å². The molecule has 0 bridgehead atoms. The third kappa shape index (κ3) is 6.88. The number of hydrogen-bond acceptors (Lipinski definition) is 3. The second kappa shape index (κ2) is 9.70. The molecule has 0 heterocycles. The Bertz CT molecular complexity index is 450. The number of hydrogen-bond donors (Lipinski definition) is 2. The fourth-order valence-electron chi connectivity index (χ4n) is 1.81. The Morgan fingerprint density at radius 2 is 2.05 bits per heavy atom. The molecule has 0 spiro atoms. The maximum Gasteiger partial charge on any atom is 0.191 e. The summed E-state index contributed by atoms with van der Waals surface area (Å²) < 4.78 is 10.8. The molecule has 0 radical (unpaired) electrons. The standard InChI is InChI=1S/C15H23N3O2.HI/c1-16-15(18-11-12-6-7-12)17-8-9-20-14-5-3-4-13(10-14)19-2;/h3-5,10,12H,6-9,11H2,1-2H3,(H2,16,17,18);1H. The van der Waals surface area contributed by atoms with Crippen molar-refractivity contribution in [2.24, 2.45) is 10.9 Å². The van der Waals surface area contributed by atoms with Crippen LogP contribution in [0.4, 0.5) is 0 Å². The van der Waals surface area contributed by atoms with Crippen LogP contribution in [0, 0.1) is 5.92 Å². The summed E-state index contributed by atoms with van der Waals surface area (Å²) in [5.74, 6) is 3.29. The van der Waals surface area contributed by atoms with E-state index in [1.54, 1.807) is 14.2 Å². The van der Waals surface area contributed by atoms with Crippen molar-refractivity contribution in [1.29, 1.82) is 0 Å². The molecular weight excluding hydrogens is 381 g/mol. The fraction of sp³-hybridized carbons (Fsp3) is 0.533. The summed E-state index contributed by atoms with van der Waals surface area (Å²) in [7, 11) is 3.43. The first kappa shape index (κ1) is 17.9. The normalized spacial score (nSPS) is 14.1. The van der Waals surface area contributed by atoms with E-state index in [-0.39, 0.29) is 24.0 Å². The lowest BCUT2D eigenvalue weighted by Gasteiger charge is -2.12. The van der Waals surface area contributed by atoms with Gasteiger partial charge in [-0.05, 0) is 30.9 Å². The number of halogens is 1. The Hall–Kier alpha value is -1.18. The molecule has 1 aliphatic rings. The van der Waals surface area contributed by atoms with Crippen LogP contribution in [0.3, 0.4) is 0 Å². The zero-order chi connectivity index (χ0) is 14.2. The molecule has 21 heavy (non-hydrogen) atoms. The molecule has 2 rings (SSSR count). The van der Waals surface area contributed by atoms with Gasteiger partial charge in [0.2, 0.25) is 0 Å². The van der Waals surface area contributed by atoms with Crippen molar-refractivity contribution in [3.05, 3.63) is 24.3 Å². The van der Waals surface area contributed by atoms with Gasteiger partial charge in [-0.3, -0.25) is 4.99 Å². The molecule has 0 aromatic heterocycles. The average molecular weight is 405 g/mol. The van der Waals surface area contributed by atoms with Crippen LogP contribution in [0.1, 0.15) is 12.8 Å². The Morgan fingerprint density at radius 3 is 2.71 bits per heavy atom. The van der Waals surface area contributed by atoms with Gasteiger partial charge in [0.25, 0.3) is 0 Å². The summed E-state index contributed by atoms with van der Waals surface area (Å²) in [6, 6.07) is 7.61. The van der Waals surface area contributed by atoms with Crippen LogP contribution in [0.2, 0.25) is 0 Å². The van der Waals surface area contributed by atoms with Gasteiger partial charge in [-0.1, -0.05) is 6.07 Å². The van der Waals surface area contributed by atoms with Crippen molar-refractivity contribution >= 4 is 29.9 Å². The first-order chi connectivity index (χ1) is 9.81. The molecule has 0 atom stereocenters. The minimum absolute atomic E-state index is 0. The van der Waals surface area contributed by atoms with Crippen LogP contribution in [-0.2, 0) is 0 Å². The lowest BCUT2D eigenvalue weighted by Crippen LogP contribution is -2.40. The van der Waals surface area contributed by atoms with Crippen molar-refractivity contribution in [2.75, 3.05) is 33.9 Å². The van der Waals surface area contributed by atoms with E-state index in [1.807, 2.05) is 24.3 Å². The molecule has 0 amide bonds. The summed E-state index contributed by atoms with van der Waals surface area (Å²) in [5.41, 5.74) is 0. The van der Waals surface area contributed by atoms with Crippen molar-refractivity contribution in [1.82, 2.24) is 10.6 Å². The lowest BCUT2D eigenvalue weighted by atomic mass is 10.3. The van der Waals surface area contributed by atoms with Gasteiger partial charge in [0.1, 0.15) is 18.1 Å². The van der Waals surface area contributed by atoms with Crippen molar-refractivity contribution < 1.29 is 9.47 Å². The minimum Gasteiger partial charge on any atom is -0.497 e. The number of rotatable bonds is 7. The highest BCUT2D eigenvalue weighted by molar-refractivity contribution is 14.0. The Balaban J connectivity index is 0.00000220. The molecule has 0 unspecified atom stereocenters. The predicted molar refractivity (Wildman–Crippen MR) is 96.0 cm³/mol. The van der Waals surface area contributed by atoms with E-state index in [9.17, 15) is 0 Å². The maximum absolute atomic E-state index is 5.66. The van der Waals surface area contributed by atoms with Crippen LogP contribution in [0.15, 0.2) is 29.3 Å². The van der Waals surface area contributed by atoms with E-state index >= 15 is 0 Å². The van der Waals surface area contributed by atoms with Crippen LogP contribution in [0.25, 0.3) is 0 Å². The van der Waals surface area contributed by atoms with Gasteiger partial charge < -0.3 is 20.1 Å². The van der Waals surface area contributed by atoms with Crippen molar-refractivity contribution in [2.45, 2.75) is 12.8 Å². The topological polar surface area (TPSA) is 54.9 Å². The second-order valence-electron chi connectivity index (χ2n) is 4.85. The quantitative estimate of drug-likeness (QED) is 0.316. The summed E-state index contributed by atoms with van der Waals surface area (Å²) in [4.78, 5) is 4.18. The van der Waals surface area contributed by atoms with E-state index in [2.05, 4.69) is 15.6 Å². The Kier molecular flexibility index (Phi) is 8.26. The average Bonchev–Trinajstić information content (AvgIpc) is 3.31. The van der Waals surface area contributed by atoms with E-state index in [0.717, 1.165) is 29.9 Å². The molecule has 1 aromatic rings. The highest BCUT2D eigenvalue weighted by Crippen LogP contribution is 2.27. The fourth-order valence-corrected chi connectivity index (χ4v) is 1.81. The number of methoxy groups -OCH3 is 1. The van der Waals surface area contributed by atoms with Crippen molar-refractivity contribution in [3.8, 4) is 11.5 Å². The number of aliphatic imine (C=N–C) groups is 1. The maximum atomic E-state index is 5.66. The van der Waals surface area contributed by atoms with Gasteiger partial charge in [-0.2, -0.15) is 0 Å². The Labute approximate surface area is 143 Å². The van der Waals surface area contributed by atoms with Crippen LogP contribution >= 0.6 is 24.0 Å². The molecule has 0 aliphatic heterocycles. The number of nitrogens with one attached hydrogen (secondary N) is 2. The van der Waals surface area contributed by atoms with Crippen LogP contribution in [-0.4, -0.2) is 39.8 Å². The first-order valence-corrected chi connectivity index (χ1v) is 7.03. The second-order valence-corrected chi connectivity index (χ2v) is 4.85. The minimum atomic E-state index is 0. The predicted octanol–water partition coefficient (Wildman–Crippen LogP) is 2.27. The van der Waals surface area contributed by atoms with Crippen LogP contribution < -0.4 is 20.1 Å². The molecule has 5 nitrogen and oxygen atoms in total. The van der Waals surface area contributed by atoms with E-state index in [1.165, 1.54) is 12.8 Å². The van der Waals surface area contributed by atoms with E-state index < -0.39 is 0 Å². The molecule has 1 saturated carbocycles. The van der Waals surface area contributed by atoms with E-state index in [4.69, 9.17) is 9.47 Å². The zero-order valence-electron chi connectivity index (χ0n) is 12.6. The van der Waals surface area contributed by atoms with Gasteiger partial charge in [0, 0.05) is 19.7 Å². The molecule has 2 N–H and O–H groups in total. The smallest absolute Gasteiger partial charge is 0.191 e. The number of guanidine groups is 1. The van der Waals surface area contributed by atoms with Crippen LogP contribution in [0.5, 0.6) is 11.5 Å². The Morgan fingerprint density at radius 1 is 1.29 bits per heavy atom. The number of benzene rings is 1. The molecule has 6 heteroatoms. The molecule has 118 valence electrons. The monoisotopic (exact) mass is 405 g/mol. The molecule has 1 fully saturated rings. The van der Waals surface area contributed by atoms with Crippen molar-refractivity contribution in [3.63, 3.8) is 0 Å². The summed E-state index contributed by atoms with van der Waals surface area (Å²) in [5, 5.41) is 6.55. The summed E-state index contributed by atoms with van der Waals surface area (Å²) >= 11 is 0. The molecular formula is C15H24IN3O2. The molecule has 1 aliphatic carbocycles. The van der Waals surface area contributed by atoms with Gasteiger partial charge in [0.05, 0.1) is 13.7 Å². The highest BCUT2D eigenvalue weighted by Gasteiger charge is 2.20.